The number of hydrogen-bond donors (Lipinski definition) is 3. The molecule has 0 spiro atoms. The minimum absolute atomic E-state index is 0.00764. The second kappa shape index (κ2) is 10.9. The first kappa shape index (κ1) is 24.0. The number of carbonyl (C=O) groups excluding carboxylic acids is 2. The van der Waals surface area contributed by atoms with Crippen molar-refractivity contribution in [2.24, 2.45) is 0 Å². The first-order chi connectivity index (χ1) is 17.0. The van der Waals surface area contributed by atoms with E-state index in [1.54, 1.807) is 24.3 Å². The minimum Gasteiger partial charge on any atom is -0.480 e. The number of nitrogens with one attached hydrogen (secondary N) is 2. The minimum atomic E-state index is -1.05. The Morgan fingerprint density at radius 2 is 1.60 bits per heavy atom. The molecule has 3 N–H and O–H groups in total. The third-order valence-corrected chi connectivity index (χ3v) is 6.09. The predicted octanol–water partition coefficient (Wildman–Crippen LogP) is 4.96. The van der Waals surface area contributed by atoms with Crippen molar-refractivity contribution < 1.29 is 24.2 Å². The van der Waals surface area contributed by atoms with Gasteiger partial charge in [0.15, 0.2) is 0 Å². The maximum atomic E-state index is 12.5. The zero-order valence-corrected chi connectivity index (χ0v) is 19.5. The third kappa shape index (κ3) is 5.69. The first-order valence-electron chi connectivity index (χ1n) is 11.7. The maximum Gasteiger partial charge on any atom is 0.411 e. The van der Waals surface area contributed by atoms with E-state index >= 15 is 0 Å². The van der Waals surface area contributed by atoms with Gasteiger partial charge in [0.2, 0.25) is 5.91 Å². The van der Waals surface area contributed by atoms with Crippen molar-refractivity contribution in [3.05, 3.63) is 89.5 Å². The summed E-state index contributed by atoms with van der Waals surface area (Å²) < 4.78 is 5.58. The Labute approximate surface area is 204 Å². The van der Waals surface area contributed by atoms with Gasteiger partial charge < -0.3 is 15.2 Å². The van der Waals surface area contributed by atoms with Gasteiger partial charge in [0.1, 0.15) is 12.6 Å². The highest BCUT2D eigenvalue weighted by Crippen LogP contribution is 2.44. The number of ether oxygens (including phenoxy) is 1. The van der Waals surface area contributed by atoms with E-state index in [0.717, 1.165) is 22.3 Å². The molecule has 35 heavy (non-hydrogen) atoms. The van der Waals surface area contributed by atoms with Gasteiger partial charge in [-0.2, -0.15) is 0 Å². The highest BCUT2D eigenvalue weighted by Gasteiger charge is 2.29. The molecule has 0 saturated carbocycles. The molecule has 0 aromatic heterocycles. The molecule has 3 aromatic rings. The van der Waals surface area contributed by atoms with Crippen LogP contribution in [0.2, 0.25) is 0 Å². The van der Waals surface area contributed by atoms with Gasteiger partial charge in [0, 0.05) is 11.6 Å². The highest BCUT2D eigenvalue weighted by atomic mass is 16.5. The van der Waals surface area contributed by atoms with Gasteiger partial charge in [-0.1, -0.05) is 74.0 Å². The van der Waals surface area contributed by atoms with E-state index in [-0.39, 0.29) is 24.9 Å². The lowest BCUT2D eigenvalue weighted by atomic mass is 9.98. The van der Waals surface area contributed by atoms with E-state index in [9.17, 15) is 19.5 Å². The van der Waals surface area contributed by atoms with Crippen molar-refractivity contribution in [3.8, 4) is 11.1 Å². The lowest BCUT2D eigenvalue weighted by molar-refractivity contribution is -0.141. The van der Waals surface area contributed by atoms with Gasteiger partial charge in [-0.15, -0.1) is 0 Å². The van der Waals surface area contributed by atoms with E-state index in [4.69, 9.17) is 4.74 Å². The third-order valence-electron chi connectivity index (χ3n) is 6.09. The fourth-order valence-electron chi connectivity index (χ4n) is 4.49. The molecule has 0 heterocycles. The molecule has 0 fully saturated rings. The van der Waals surface area contributed by atoms with Crippen LogP contribution in [0.25, 0.3) is 11.1 Å². The molecule has 0 aliphatic heterocycles. The van der Waals surface area contributed by atoms with E-state index in [0.29, 0.717) is 24.1 Å². The van der Waals surface area contributed by atoms with Gasteiger partial charge in [-0.05, 0) is 46.4 Å². The largest absolute Gasteiger partial charge is 0.480 e. The Hall–Kier alpha value is -4.13. The number of carboxylic acids is 1. The topological polar surface area (TPSA) is 105 Å². The summed E-state index contributed by atoms with van der Waals surface area (Å²) in [5.74, 6) is -1.47. The molecule has 7 nitrogen and oxygen atoms in total. The summed E-state index contributed by atoms with van der Waals surface area (Å²) in [4.78, 5) is 36.1. The van der Waals surface area contributed by atoms with Crippen molar-refractivity contribution in [2.75, 3.05) is 11.9 Å². The Morgan fingerprint density at radius 1 is 0.943 bits per heavy atom. The van der Waals surface area contributed by atoms with Crippen molar-refractivity contribution >= 4 is 23.7 Å². The SMILES string of the molecule is CCC[C@@H](NC(=O)Cc1cccc(NC(=O)OCC2c3ccccc3-c3ccccc32)c1)C(=O)O. The summed E-state index contributed by atoms with van der Waals surface area (Å²) >= 11 is 0. The highest BCUT2D eigenvalue weighted by molar-refractivity contribution is 5.87. The summed E-state index contributed by atoms with van der Waals surface area (Å²) in [6.07, 6.45) is 0.442. The molecule has 0 bridgehead atoms. The summed E-state index contributed by atoms with van der Waals surface area (Å²) in [6.45, 7) is 2.07. The molecule has 4 rings (SSSR count). The number of hydrogen-bond acceptors (Lipinski definition) is 4. The number of aliphatic carboxylic acids is 1. The van der Waals surface area contributed by atoms with Crippen molar-refractivity contribution in [1.82, 2.24) is 5.32 Å². The lowest BCUT2D eigenvalue weighted by Crippen LogP contribution is -2.41. The van der Waals surface area contributed by atoms with Crippen molar-refractivity contribution in [1.29, 1.82) is 0 Å². The van der Waals surface area contributed by atoms with Crippen LogP contribution in [0.3, 0.4) is 0 Å². The van der Waals surface area contributed by atoms with Gasteiger partial charge in [-0.25, -0.2) is 9.59 Å². The molecule has 0 unspecified atom stereocenters. The average molecular weight is 473 g/mol. The van der Waals surface area contributed by atoms with Gasteiger partial charge in [-0.3, -0.25) is 10.1 Å². The maximum absolute atomic E-state index is 12.5. The molecule has 0 saturated heterocycles. The van der Waals surface area contributed by atoms with Gasteiger partial charge in [0.05, 0.1) is 6.42 Å². The Balaban J connectivity index is 1.35. The molecule has 1 aliphatic rings. The van der Waals surface area contributed by atoms with Crippen molar-refractivity contribution in [3.63, 3.8) is 0 Å². The number of anilines is 1. The predicted molar refractivity (Wildman–Crippen MR) is 133 cm³/mol. The normalized spacial score (nSPS) is 12.8. The van der Waals surface area contributed by atoms with Gasteiger partial charge in [0.25, 0.3) is 0 Å². The first-order valence-corrected chi connectivity index (χ1v) is 11.7. The van der Waals surface area contributed by atoms with Crippen LogP contribution in [-0.4, -0.2) is 35.7 Å². The smallest absolute Gasteiger partial charge is 0.411 e. The number of fused-ring (bicyclic) bond motifs is 3. The average Bonchev–Trinajstić information content (AvgIpc) is 3.16. The molecule has 180 valence electrons. The molecule has 7 heteroatoms. The van der Waals surface area contributed by atoms with Crippen LogP contribution in [0.4, 0.5) is 10.5 Å². The number of carbonyl (C=O) groups is 3. The van der Waals surface area contributed by atoms with Crippen LogP contribution >= 0.6 is 0 Å². The van der Waals surface area contributed by atoms with Crippen LogP contribution in [0.1, 0.15) is 42.4 Å². The second-order valence-corrected chi connectivity index (χ2v) is 8.57. The molecular weight excluding hydrogens is 444 g/mol. The van der Waals surface area contributed by atoms with E-state index < -0.39 is 18.1 Å². The summed E-state index contributed by atoms with van der Waals surface area (Å²) in [5, 5.41) is 14.5. The Morgan fingerprint density at radius 3 is 2.23 bits per heavy atom. The number of amides is 2. The monoisotopic (exact) mass is 472 g/mol. The van der Waals surface area contributed by atoms with E-state index in [2.05, 4.69) is 34.9 Å². The Kier molecular flexibility index (Phi) is 7.45. The zero-order valence-electron chi connectivity index (χ0n) is 19.5. The number of carboxylic acid groups (broad SMARTS) is 1. The number of rotatable bonds is 9. The standard InChI is InChI=1S/C28H28N2O5/c1-2-8-25(27(32)33)30-26(31)16-18-9-7-10-19(15-18)29-28(34)35-17-24-22-13-5-3-11-20(22)21-12-4-6-14-23(21)24/h3-7,9-15,24-25H,2,8,16-17H2,1H3,(H,29,34)(H,30,31)(H,32,33)/t25-/m1/s1. The zero-order chi connectivity index (χ0) is 24.8. The van der Waals surface area contributed by atoms with Crippen molar-refractivity contribution in [2.45, 2.75) is 38.1 Å². The lowest BCUT2D eigenvalue weighted by Gasteiger charge is -2.15. The fraction of sp³-hybridized carbons (Fsp3) is 0.250. The van der Waals surface area contributed by atoms with Crippen LogP contribution < -0.4 is 10.6 Å². The van der Waals surface area contributed by atoms with Gasteiger partial charge >= 0.3 is 12.1 Å². The molecule has 2 amide bonds. The summed E-state index contributed by atoms with van der Waals surface area (Å²) in [6, 6.07) is 22.2. The molecule has 1 aliphatic carbocycles. The molecule has 0 radical (unpaired) electrons. The second-order valence-electron chi connectivity index (χ2n) is 8.57. The fourth-order valence-corrected chi connectivity index (χ4v) is 4.49. The summed E-state index contributed by atoms with van der Waals surface area (Å²) in [5.41, 5.74) is 5.74. The van der Waals surface area contributed by atoms with Crippen LogP contribution in [0.5, 0.6) is 0 Å². The van der Waals surface area contributed by atoms with Crippen LogP contribution in [-0.2, 0) is 20.7 Å². The number of benzene rings is 3. The molecular formula is C28H28N2O5. The molecule has 1 atom stereocenters. The quantitative estimate of drug-likeness (QED) is 0.408. The molecule has 3 aromatic carbocycles. The van der Waals surface area contributed by atoms with Crippen LogP contribution in [0.15, 0.2) is 72.8 Å². The summed E-state index contributed by atoms with van der Waals surface area (Å²) in [7, 11) is 0. The van der Waals surface area contributed by atoms with E-state index in [1.165, 1.54) is 0 Å². The Bertz CT molecular complexity index is 1190. The van der Waals surface area contributed by atoms with Crippen LogP contribution in [0, 0.1) is 0 Å². The van der Waals surface area contributed by atoms with E-state index in [1.807, 2.05) is 31.2 Å².